The third-order valence-corrected chi connectivity index (χ3v) is 4.91. The molecule has 2 fully saturated rings. The quantitative estimate of drug-likeness (QED) is 0.810. The number of carboxylic acids is 1. The molecule has 1 saturated carbocycles. The number of carbonyl (C=O) groups is 2. The molecule has 120 valence electrons. The highest BCUT2D eigenvalue weighted by Crippen LogP contribution is 2.28. The van der Waals surface area contributed by atoms with Gasteiger partial charge in [0.25, 0.3) is 0 Å². The topological polar surface area (TPSA) is 69.6 Å². The van der Waals surface area contributed by atoms with Gasteiger partial charge in [0, 0.05) is 13.1 Å². The minimum Gasteiger partial charge on any atom is -0.481 e. The minimum atomic E-state index is -0.657. The van der Waals surface area contributed by atoms with Crippen molar-refractivity contribution in [3.05, 3.63) is 0 Å². The number of aliphatic carboxylic acids is 1. The summed E-state index contributed by atoms with van der Waals surface area (Å²) < 4.78 is 0. The van der Waals surface area contributed by atoms with Crippen LogP contribution >= 0.6 is 0 Å². The zero-order valence-corrected chi connectivity index (χ0v) is 13.0. The molecule has 0 aromatic carbocycles. The van der Waals surface area contributed by atoms with E-state index in [1.165, 1.54) is 6.42 Å². The fourth-order valence-corrected chi connectivity index (χ4v) is 3.52. The summed E-state index contributed by atoms with van der Waals surface area (Å²) in [5.74, 6) is 0.539. The molecule has 1 saturated heterocycles. The number of likely N-dealkylation sites (tertiary alicyclic amines) is 1. The highest BCUT2D eigenvalue weighted by molar-refractivity contribution is 5.78. The molecule has 1 aliphatic carbocycles. The second kappa shape index (κ2) is 7.78. The second-order valence-corrected chi connectivity index (χ2v) is 6.77. The number of piperidine rings is 1. The first-order chi connectivity index (χ1) is 10.1. The third-order valence-electron chi connectivity index (χ3n) is 4.91. The van der Waals surface area contributed by atoms with E-state index in [2.05, 4.69) is 12.2 Å². The maximum atomic E-state index is 12.1. The number of carbonyl (C=O) groups excluding carboxylic acids is 1. The van der Waals surface area contributed by atoms with E-state index >= 15 is 0 Å². The van der Waals surface area contributed by atoms with Crippen LogP contribution in [-0.2, 0) is 9.59 Å². The number of nitrogens with zero attached hydrogens (tertiary/aromatic N) is 1. The molecule has 0 aromatic rings. The van der Waals surface area contributed by atoms with Gasteiger partial charge in [-0.15, -0.1) is 0 Å². The summed E-state index contributed by atoms with van der Waals surface area (Å²) in [6, 6.07) is 0. The Hall–Kier alpha value is -1.10. The average Bonchev–Trinajstić information content (AvgIpc) is 2.47. The lowest BCUT2D eigenvalue weighted by molar-refractivity contribution is -0.143. The van der Waals surface area contributed by atoms with Crippen molar-refractivity contribution in [2.75, 3.05) is 26.2 Å². The zero-order chi connectivity index (χ0) is 15.2. The molecule has 2 rings (SSSR count). The molecule has 5 nitrogen and oxygen atoms in total. The Labute approximate surface area is 127 Å². The Morgan fingerprint density at radius 1 is 1.19 bits per heavy atom. The second-order valence-electron chi connectivity index (χ2n) is 6.77. The smallest absolute Gasteiger partial charge is 0.306 e. The molecule has 5 heteroatoms. The maximum Gasteiger partial charge on any atom is 0.306 e. The van der Waals surface area contributed by atoms with E-state index in [0.717, 1.165) is 51.7 Å². The first-order valence-corrected chi connectivity index (χ1v) is 8.27. The molecule has 2 aliphatic rings. The molecule has 21 heavy (non-hydrogen) atoms. The molecule has 1 aliphatic heterocycles. The number of hydrogen-bond donors (Lipinski definition) is 2. The van der Waals surface area contributed by atoms with Gasteiger partial charge in [0.1, 0.15) is 0 Å². The Kier molecular flexibility index (Phi) is 6.03. The fraction of sp³-hybridized carbons (Fsp3) is 0.875. The molecule has 1 heterocycles. The monoisotopic (exact) mass is 296 g/mol. The van der Waals surface area contributed by atoms with Gasteiger partial charge in [-0.2, -0.15) is 0 Å². The Morgan fingerprint density at radius 3 is 2.52 bits per heavy atom. The van der Waals surface area contributed by atoms with Crippen molar-refractivity contribution in [2.24, 2.45) is 17.8 Å². The predicted molar refractivity (Wildman–Crippen MR) is 80.9 cm³/mol. The largest absolute Gasteiger partial charge is 0.481 e. The van der Waals surface area contributed by atoms with Crippen molar-refractivity contribution in [1.82, 2.24) is 10.2 Å². The summed E-state index contributed by atoms with van der Waals surface area (Å²) in [4.78, 5) is 25.0. The maximum absolute atomic E-state index is 12.1. The van der Waals surface area contributed by atoms with Crippen LogP contribution in [0.3, 0.4) is 0 Å². The van der Waals surface area contributed by atoms with Crippen molar-refractivity contribution in [2.45, 2.75) is 45.4 Å². The predicted octanol–water partition coefficient (Wildman–Crippen LogP) is 1.73. The van der Waals surface area contributed by atoms with E-state index < -0.39 is 5.97 Å². The lowest BCUT2D eigenvalue weighted by Crippen LogP contribution is -2.44. The van der Waals surface area contributed by atoms with Crippen LogP contribution in [0.25, 0.3) is 0 Å². The molecular formula is C16H28N2O3. The fourth-order valence-electron chi connectivity index (χ4n) is 3.52. The van der Waals surface area contributed by atoms with Gasteiger partial charge >= 0.3 is 5.97 Å². The molecule has 1 unspecified atom stereocenters. The van der Waals surface area contributed by atoms with Gasteiger partial charge in [-0.05, 0) is 56.9 Å². The number of hydrogen-bond acceptors (Lipinski definition) is 3. The van der Waals surface area contributed by atoms with E-state index in [4.69, 9.17) is 5.11 Å². The number of amides is 1. The van der Waals surface area contributed by atoms with E-state index in [-0.39, 0.29) is 11.8 Å². The third kappa shape index (κ3) is 4.99. The first kappa shape index (κ1) is 16.3. The molecule has 0 radical (unpaired) electrons. The van der Waals surface area contributed by atoms with Crippen LogP contribution < -0.4 is 5.32 Å². The van der Waals surface area contributed by atoms with Crippen molar-refractivity contribution in [3.63, 3.8) is 0 Å². The molecule has 0 aromatic heterocycles. The molecular weight excluding hydrogens is 268 g/mol. The number of rotatable bonds is 5. The molecule has 1 amide bonds. The summed E-state index contributed by atoms with van der Waals surface area (Å²) in [5, 5.41) is 12.2. The summed E-state index contributed by atoms with van der Waals surface area (Å²) in [7, 11) is 0. The van der Waals surface area contributed by atoms with E-state index in [9.17, 15) is 9.59 Å². The summed E-state index contributed by atoms with van der Waals surface area (Å²) in [6.45, 7) is 5.25. The van der Waals surface area contributed by atoms with Crippen LogP contribution in [0, 0.1) is 17.8 Å². The highest BCUT2D eigenvalue weighted by Gasteiger charge is 2.26. The van der Waals surface area contributed by atoms with Crippen LogP contribution in [0.1, 0.15) is 45.4 Å². The van der Waals surface area contributed by atoms with Gasteiger partial charge in [0.15, 0.2) is 0 Å². The first-order valence-electron chi connectivity index (χ1n) is 8.27. The Bertz CT molecular complexity index is 365. The van der Waals surface area contributed by atoms with Crippen LogP contribution in [0.2, 0.25) is 0 Å². The zero-order valence-electron chi connectivity index (χ0n) is 13.0. The van der Waals surface area contributed by atoms with Gasteiger partial charge < -0.3 is 15.3 Å². The van der Waals surface area contributed by atoms with E-state index in [1.807, 2.05) is 4.90 Å². The van der Waals surface area contributed by atoms with Crippen LogP contribution in [-0.4, -0.2) is 48.1 Å². The summed E-state index contributed by atoms with van der Waals surface area (Å²) in [6.07, 6.45) is 5.81. The lowest BCUT2D eigenvalue weighted by atomic mass is 9.82. The Morgan fingerprint density at radius 2 is 1.90 bits per heavy atom. The van der Waals surface area contributed by atoms with Gasteiger partial charge in [0.2, 0.25) is 5.91 Å². The van der Waals surface area contributed by atoms with Crippen molar-refractivity contribution in [3.8, 4) is 0 Å². The normalized spacial score (nSPS) is 30.1. The summed E-state index contributed by atoms with van der Waals surface area (Å²) in [5.41, 5.74) is 0. The number of carboxylic acid groups (broad SMARTS) is 1. The van der Waals surface area contributed by atoms with Crippen molar-refractivity contribution < 1.29 is 14.7 Å². The van der Waals surface area contributed by atoms with Gasteiger partial charge in [0.05, 0.1) is 12.5 Å². The van der Waals surface area contributed by atoms with Gasteiger partial charge in [-0.3, -0.25) is 9.59 Å². The SMILES string of the molecule is CC1CCCN(C(=O)CNCC2CCC(C(=O)O)CC2)C1. The van der Waals surface area contributed by atoms with Crippen LogP contribution in [0.15, 0.2) is 0 Å². The van der Waals surface area contributed by atoms with Crippen LogP contribution in [0.4, 0.5) is 0 Å². The van der Waals surface area contributed by atoms with Crippen molar-refractivity contribution >= 4 is 11.9 Å². The molecule has 2 N–H and O–H groups in total. The molecule has 0 bridgehead atoms. The summed E-state index contributed by atoms with van der Waals surface area (Å²) >= 11 is 0. The lowest BCUT2D eigenvalue weighted by Gasteiger charge is -2.31. The van der Waals surface area contributed by atoms with Gasteiger partial charge in [-0.25, -0.2) is 0 Å². The number of nitrogens with one attached hydrogen (secondary N) is 1. The Balaban J connectivity index is 1.61. The molecule has 0 spiro atoms. The van der Waals surface area contributed by atoms with Crippen molar-refractivity contribution in [1.29, 1.82) is 0 Å². The highest BCUT2D eigenvalue weighted by atomic mass is 16.4. The molecule has 1 atom stereocenters. The van der Waals surface area contributed by atoms with Gasteiger partial charge in [-0.1, -0.05) is 6.92 Å². The minimum absolute atomic E-state index is 0.155. The van der Waals surface area contributed by atoms with E-state index in [1.54, 1.807) is 0 Å². The van der Waals surface area contributed by atoms with E-state index in [0.29, 0.717) is 18.4 Å². The standard InChI is InChI=1S/C16H28N2O3/c1-12-3-2-8-18(11-12)15(19)10-17-9-13-4-6-14(7-5-13)16(20)21/h12-14,17H,2-11H2,1H3,(H,20,21). The average molecular weight is 296 g/mol. The van der Waals surface area contributed by atoms with Crippen LogP contribution in [0.5, 0.6) is 0 Å².